The van der Waals surface area contributed by atoms with Crippen LogP contribution in [0.15, 0.2) is 47.6 Å². The predicted molar refractivity (Wildman–Crippen MR) is 121 cm³/mol. The van der Waals surface area contributed by atoms with Crippen LogP contribution in [-0.4, -0.2) is 31.7 Å². The van der Waals surface area contributed by atoms with E-state index in [-0.39, 0.29) is 5.11 Å². The molecule has 1 unspecified atom stereocenters. The van der Waals surface area contributed by atoms with Crippen molar-refractivity contribution in [1.29, 1.82) is 0 Å². The Labute approximate surface area is 178 Å². The van der Waals surface area contributed by atoms with E-state index >= 15 is 0 Å². The first-order valence-electron chi connectivity index (χ1n) is 9.66. The van der Waals surface area contributed by atoms with Crippen molar-refractivity contribution in [3.05, 3.63) is 53.6 Å². The van der Waals surface area contributed by atoms with E-state index in [4.69, 9.17) is 32.2 Å². The summed E-state index contributed by atoms with van der Waals surface area (Å²) in [5.41, 5.74) is 10.00. The number of thiocarbonyl (C=S) groups is 1. The van der Waals surface area contributed by atoms with Crippen LogP contribution in [0.3, 0.4) is 0 Å². The highest BCUT2D eigenvalue weighted by Gasteiger charge is 2.09. The molecule has 0 aliphatic heterocycles. The topological polar surface area (TPSA) is 78.1 Å². The van der Waals surface area contributed by atoms with Crippen molar-refractivity contribution in [2.24, 2.45) is 10.8 Å². The molecule has 6 nitrogen and oxygen atoms in total. The van der Waals surface area contributed by atoms with Crippen molar-refractivity contribution < 1.29 is 14.2 Å². The van der Waals surface area contributed by atoms with Crippen molar-refractivity contribution in [2.45, 2.75) is 32.6 Å². The largest absolute Gasteiger partial charge is 0.493 e. The summed E-state index contributed by atoms with van der Waals surface area (Å²) in [5, 5.41) is 4.08. The summed E-state index contributed by atoms with van der Waals surface area (Å²) >= 11 is 4.74. The number of hydrogen-bond acceptors (Lipinski definition) is 5. The van der Waals surface area contributed by atoms with Crippen molar-refractivity contribution in [2.75, 3.05) is 20.3 Å². The predicted octanol–water partition coefficient (Wildman–Crippen LogP) is 4.22. The fraction of sp³-hybridized carbons (Fsp3) is 0.364. The summed E-state index contributed by atoms with van der Waals surface area (Å²) in [5.74, 6) is 2.67. The molecule has 0 saturated heterocycles. The first-order chi connectivity index (χ1) is 14.0. The molecule has 29 heavy (non-hydrogen) atoms. The summed E-state index contributed by atoms with van der Waals surface area (Å²) in [4.78, 5) is 0. The molecule has 2 rings (SSSR count). The highest BCUT2D eigenvalue weighted by Crippen LogP contribution is 2.30. The number of nitrogens with one attached hydrogen (secondary N) is 1. The lowest BCUT2D eigenvalue weighted by Gasteiger charge is -2.14. The van der Waals surface area contributed by atoms with Gasteiger partial charge in [0.1, 0.15) is 5.75 Å². The molecule has 0 spiro atoms. The van der Waals surface area contributed by atoms with Gasteiger partial charge in [-0.05, 0) is 54.4 Å². The molecule has 0 saturated carbocycles. The minimum atomic E-state index is 0.0981. The average molecular weight is 416 g/mol. The summed E-state index contributed by atoms with van der Waals surface area (Å²) in [6.45, 7) is 5.46. The van der Waals surface area contributed by atoms with Gasteiger partial charge in [0, 0.05) is 12.0 Å². The molecule has 3 N–H and O–H groups in total. The number of para-hydroxylation sites is 1. The number of nitrogens with zero attached hydrogens (tertiary/aromatic N) is 1. The number of hydrazone groups is 1. The van der Waals surface area contributed by atoms with E-state index in [9.17, 15) is 0 Å². The van der Waals surface area contributed by atoms with Crippen LogP contribution in [0.1, 0.15) is 43.7 Å². The number of rotatable bonds is 11. The van der Waals surface area contributed by atoms with Crippen molar-refractivity contribution in [3.8, 4) is 17.2 Å². The zero-order valence-electron chi connectivity index (χ0n) is 17.2. The fourth-order valence-corrected chi connectivity index (χ4v) is 2.72. The fourth-order valence-electron chi connectivity index (χ4n) is 2.67. The van der Waals surface area contributed by atoms with E-state index in [2.05, 4.69) is 36.5 Å². The molecule has 1 atom stereocenters. The Morgan fingerprint density at radius 3 is 2.55 bits per heavy atom. The maximum Gasteiger partial charge on any atom is 0.184 e. The van der Waals surface area contributed by atoms with Crippen LogP contribution in [0.25, 0.3) is 0 Å². The lowest BCUT2D eigenvalue weighted by Crippen LogP contribution is -2.24. The van der Waals surface area contributed by atoms with Gasteiger partial charge in [-0.25, -0.2) is 0 Å². The van der Waals surface area contributed by atoms with Gasteiger partial charge in [0.25, 0.3) is 0 Å². The van der Waals surface area contributed by atoms with Crippen LogP contribution in [0.4, 0.5) is 0 Å². The Kier molecular flexibility index (Phi) is 9.24. The SMILES string of the molecule is CCC(C)c1ccc(OCCCOc2c(/C=N/NC(N)=S)cccc2OC)cc1. The van der Waals surface area contributed by atoms with Crippen LogP contribution >= 0.6 is 12.2 Å². The van der Waals surface area contributed by atoms with Crippen LogP contribution in [0.2, 0.25) is 0 Å². The molecule has 2 aromatic carbocycles. The van der Waals surface area contributed by atoms with E-state index in [0.29, 0.717) is 30.6 Å². The van der Waals surface area contributed by atoms with Gasteiger partial charge < -0.3 is 19.9 Å². The van der Waals surface area contributed by atoms with Crippen molar-refractivity contribution in [1.82, 2.24) is 5.43 Å². The third-order valence-corrected chi connectivity index (χ3v) is 4.56. The number of methoxy groups -OCH3 is 1. The van der Waals surface area contributed by atoms with Gasteiger partial charge in [-0.3, -0.25) is 5.43 Å². The summed E-state index contributed by atoms with van der Waals surface area (Å²) in [6.07, 6.45) is 3.45. The molecule has 0 heterocycles. The number of benzene rings is 2. The maximum absolute atomic E-state index is 5.93. The van der Waals surface area contributed by atoms with Crippen LogP contribution in [0, 0.1) is 0 Å². The molecular weight excluding hydrogens is 386 g/mol. The zero-order valence-corrected chi connectivity index (χ0v) is 18.0. The second-order valence-electron chi connectivity index (χ2n) is 6.54. The molecule has 7 heteroatoms. The third-order valence-electron chi connectivity index (χ3n) is 4.47. The molecule has 0 radical (unpaired) electrons. The van der Waals surface area contributed by atoms with Gasteiger partial charge in [-0.15, -0.1) is 0 Å². The van der Waals surface area contributed by atoms with Gasteiger partial charge in [0.05, 0.1) is 26.5 Å². The minimum Gasteiger partial charge on any atom is -0.493 e. The molecular formula is C22H29N3O3S. The van der Waals surface area contributed by atoms with E-state index in [1.54, 1.807) is 13.3 Å². The summed E-state index contributed by atoms with van der Waals surface area (Å²) < 4.78 is 17.1. The van der Waals surface area contributed by atoms with E-state index < -0.39 is 0 Å². The zero-order chi connectivity index (χ0) is 21.1. The Bertz CT molecular complexity index is 809. The number of hydrogen-bond donors (Lipinski definition) is 2. The van der Waals surface area contributed by atoms with E-state index in [0.717, 1.165) is 24.2 Å². The van der Waals surface area contributed by atoms with Gasteiger partial charge in [0.15, 0.2) is 16.6 Å². The normalized spacial score (nSPS) is 11.8. The monoisotopic (exact) mass is 415 g/mol. The number of ether oxygens (including phenoxy) is 3. The molecule has 2 aromatic rings. The highest BCUT2D eigenvalue weighted by atomic mass is 32.1. The Hall–Kier alpha value is -2.80. The number of nitrogens with two attached hydrogens (primary N) is 1. The van der Waals surface area contributed by atoms with E-state index in [1.807, 2.05) is 30.3 Å². The molecule has 0 aromatic heterocycles. The molecule has 0 aliphatic rings. The Morgan fingerprint density at radius 2 is 1.90 bits per heavy atom. The second kappa shape index (κ2) is 11.9. The lowest BCUT2D eigenvalue weighted by atomic mass is 9.99. The van der Waals surface area contributed by atoms with Crippen LogP contribution in [0.5, 0.6) is 17.2 Å². The molecule has 0 fully saturated rings. The summed E-state index contributed by atoms with van der Waals surface area (Å²) in [6, 6.07) is 13.9. The van der Waals surface area contributed by atoms with Crippen molar-refractivity contribution >= 4 is 23.5 Å². The molecule has 0 aliphatic carbocycles. The second-order valence-corrected chi connectivity index (χ2v) is 6.98. The summed E-state index contributed by atoms with van der Waals surface area (Å²) in [7, 11) is 1.60. The van der Waals surface area contributed by atoms with E-state index in [1.165, 1.54) is 5.56 Å². The first kappa shape index (κ1) is 22.5. The Balaban J connectivity index is 1.86. The standard InChI is InChI=1S/C22H29N3O3S/c1-4-16(2)17-9-11-19(12-10-17)27-13-6-14-28-21-18(15-24-25-22(23)29)7-5-8-20(21)26-3/h5,7-12,15-16H,4,6,13-14H2,1-3H3,(H3,23,25,29)/b24-15+. The van der Waals surface area contributed by atoms with Gasteiger partial charge in [-0.1, -0.05) is 32.0 Å². The van der Waals surface area contributed by atoms with Gasteiger partial charge in [-0.2, -0.15) is 5.10 Å². The Morgan fingerprint density at radius 1 is 1.17 bits per heavy atom. The quantitative estimate of drug-likeness (QED) is 0.248. The minimum absolute atomic E-state index is 0.0981. The molecule has 0 bridgehead atoms. The van der Waals surface area contributed by atoms with Crippen LogP contribution in [-0.2, 0) is 0 Å². The van der Waals surface area contributed by atoms with Crippen LogP contribution < -0.4 is 25.4 Å². The lowest BCUT2D eigenvalue weighted by molar-refractivity contribution is 0.240. The van der Waals surface area contributed by atoms with Crippen molar-refractivity contribution in [3.63, 3.8) is 0 Å². The molecule has 156 valence electrons. The highest BCUT2D eigenvalue weighted by molar-refractivity contribution is 7.80. The molecule has 0 amide bonds. The average Bonchev–Trinajstić information content (AvgIpc) is 2.73. The van der Waals surface area contributed by atoms with Gasteiger partial charge in [0.2, 0.25) is 0 Å². The third kappa shape index (κ3) is 7.27. The first-order valence-corrected chi connectivity index (χ1v) is 10.1. The van der Waals surface area contributed by atoms with Gasteiger partial charge >= 0.3 is 0 Å². The smallest absolute Gasteiger partial charge is 0.184 e. The maximum atomic E-state index is 5.93.